The summed E-state index contributed by atoms with van der Waals surface area (Å²) >= 11 is 3.50. The first-order valence-corrected chi connectivity index (χ1v) is 4.30. The second kappa shape index (κ2) is 6.10. The summed E-state index contributed by atoms with van der Waals surface area (Å²) in [6, 6.07) is 14.5. The molecule has 0 N–H and O–H groups in total. The summed E-state index contributed by atoms with van der Waals surface area (Å²) in [7, 11) is 0. The Labute approximate surface area is 116 Å². The quantitative estimate of drug-likeness (QED) is 0.642. The van der Waals surface area contributed by atoms with Crippen LogP contribution in [0.4, 0.5) is 0 Å². The molecule has 0 spiro atoms. The van der Waals surface area contributed by atoms with E-state index in [2.05, 4.69) is 46.3 Å². The van der Waals surface area contributed by atoms with Gasteiger partial charge in [0.05, 0.1) is 0 Å². The van der Waals surface area contributed by atoms with E-state index in [-0.39, 0.29) is 43.1 Å². The maximum absolute atomic E-state index is 3.50. The molecule has 0 aromatic heterocycles. The van der Waals surface area contributed by atoms with Crippen LogP contribution in [0, 0.1) is 0 Å². The van der Waals surface area contributed by atoms with Gasteiger partial charge in [0.25, 0.3) is 0 Å². The molecule has 13 heavy (non-hydrogen) atoms. The van der Waals surface area contributed by atoms with E-state index in [1.54, 1.807) is 0 Å². The second-order valence-electron chi connectivity index (χ2n) is 2.46. The average Bonchev–Trinajstić information content (AvgIpc) is 2.06. The summed E-state index contributed by atoms with van der Waals surface area (Å²) in [5, 5.41) is 2.55. The van der Waals surface area contributed by atoms with E-state index < -0.39 is 0 Å². The monoisotopic (exact) mass is 264 g/mol. The van der Waals surface area contributed by atoms with E-state index in [4.69, 9.17) is 0 Å². The van der Waals surface area contributed by atoms with Gasteiger partial charge in [-0.2, -0.15) is 13.5 Å². The van der Waals surface area contributed by atoms with Crippen LogP contribution < -0.4 is 0 Å². The molecule has 0 bridgehead atoms. The van der Waals surface area contributed by atoms with Crippen molar-refractivity contribution in [3.63, 3.8) is 0 Å². The fraction of sp³-hybridized carbons (Fsp3) is 0. The van der Waals surface area contributed by atoms with E-state index in [9.17, 15) is 0 Å². The van der Waals surface area contributed by atoms with Crippen LogP contribution in [0.15, 0.2) is 46.9 Å². The molecule has 0 atom stereocenters. The number of hydrogen-bond donors (Lipinski definition) is 0. The summed E-state index contributed by atoms with van der Waals surface area (Å²) in [6.45, 7) is 0. The van der Waals surface area contributed by atoms with Crippen LogP contribution in [0.1, 0.15) is 0 Å². The molecule has 64 valence electrons. The van der Waals surface area contributed by atoms with Crippen molar-refractivity contribution in [2.45, 2.75) is 0 Å². The van der Waals surface area contributed by atoms with Crippen LogP contribution in [0.3, 0.4) is 0 Å². The van der Waals surface area contributed by atoms with Crippen LogP contribution in [-0.2, 0) is 0 Å². The zero-order chi connectivity index (χ0) is 7.68. The molecule has 0 fully saturated rings. The Morgan fingerprint density at radius 1 is 0.846 bits per heavy atom. The zero-order valence-corrected chi connectivity index (χ0v) is 9.01. The zero-order valence-electron chi connectivity index (χ0n) is 6.42. The van der Waals surface area contributed by atoms with Gasteiger partial charge in [0.15, 0.2) is 0 Å². The molecule has 0 saturated carbocycles. The van der Waals surface area contributed by atoms with E-state index in [1.165, 1.54) is 10.8 Å². The van der Waals surface area contributed by atoms with Crippen LogP contribution in [0.2, 0.25) is 0 Å². The summed E-state index contributed by atoms with van der Waals surface area (Å²) < 4.78 is 1.16. The van der Waals surface area contributed by atoms with E-state index in [1.807, 2.05) is 12.1 Å². The van der Waals surface area contributed by atoms with Crippen LogP contribution in [0.25, 0.3) is 10.8 Å². The summed E-state index contributed by atoms with van der Waals surface area (Å²) in [5.41, 5.74) is 0. The molecule has 0 aliphatic rings. The normalized spacial score (nSPS) is 8.69. The molecular formula is C10H10BrNaS. The van der Waals surface area contributed by atoms with E-state index in [0.717, 1.165) is 4.47 Å². The molecular weight excluding hydrogens is 255 g/mol. The molecule has 0 radical (unpaired) electrons. The molecule has 0 nitrogen and oxygen atoms in total. The Hall–Kier alpha value is 0.530. The van der Waals surface area contributed by atoms with Crippen molar-refractivity contribution in [2.24, 2.45) is 0 Å². The third kappa shape index (κ3) is 3.00. The Kier molecular flexibility index (Phi) is 6.34. The Balaban J connectivity index is 0.000000720. The molecule has 0 saturated heterocycles. The fourth-order valence-corrected chi connectivity index (χ4v) is 1.70. The molecule has 0 aliphatic carbocycles. The van der Waals surface area contributed by atoms with Crippen molar-refractivity contribution < 1.29 is 0 Å². The van der Waals surface area contributed by atoms with E-state index >= 15 is 0 Å². The minimum absolute atomic E-state index is 0. The average molecular weight is 265 g/mol. The molecule has 0 amide bonds. The van der Waals surface area contributed by atoms with Gasteiger partial charge in [0.1, 0.15) is 0 Å². The van der Waals surface area contributed by atoms with Gasteiger partial charge in [0, 0.05) is 4.47 Å². The van der Waals surface area contributed by atoms with Gasteiger partial charge in [-0.05, 0) is 16.8 Å². The van der Waals surface area contributed by atoms with Gasteiger partial charge >= 0.3 is 29.6 Å². The molecule has 2 rings (SSSR count). The third-order valence-electron chi connectivity index (χ3n) is 1.74. The summed E-state index contributed by atoms with van der Waals surface area (Å²) in [4.78, 5) is 0. The SMILES string of the molecule is Brc1cccc2ccccc12.S.[NaH]. The topological polar surface area (TPSA) is 0 Å². The Bertz CT molecular complexity index is 384. The predicted octanol–water partition coefficient (Wildman–Crippen LogP) is 3.07. The molecule has 0 unspecified atom stereocenters. The van der Waals surface area contributed by atoms with E-state index in [0.29, 0.717) is 0 Å². The standard InChI is InChI=1S/C10H7Br.Na.H2S.H/c11-10-7-3-5-8-4-1-2-6-9(8)10;;;/h1-7H;;1H2;. The van der Waals surface area contributed by atoms with Gasteiger partial charge in [-0.3, -0.25) is 0 Å². The van der Waals surface area contributed by atoms with Gasteiger partial charge in [-0.15, -0.1) is 0 Å². The number of hydrogen-bond acceptors (Lipinski definition) is 0. The van der Waals surface area contributed by atoms with Crippen molar-refractivity contribution in [3.05, 3.63) is 46.9 Å². The van der Waals surface area contributed by atoms with Crippen molar-refractivity contribution in [1.82, 2.24) is 0 Å². The van der Waals surface area contributed by atoms with Crippen molar-refractivity contribution in [1.29, 1.82) is 0 Å². The second-order valence-corrected chi connectivity index (χ2v) is 3.32. The first-order valence-electron chi connectivity index (χ1n) is 3.51. The molecule has 2 aromatic rings. The van der Waals surface area contributed by atoms with Gasteiger partial charge < -0.3 is 0 Å². The van der Waals surface area contributed by atoms with Crippen molar-refractivity contribution in [2.75, 3.05) is 0 Å². The first-order chi connectivity index (χ1) is 5.38. The number of rotatable bonds is 0. The van der Waals surface area contributed by atoms with Gasteiger partial charge in [-0.25, -0.2) is 0 Å². The van der Waals surface area contributed by atoms with Crippen LogP contribution in [0.5, 0.6) is 0 Å². The Morgan fingerprint density at radius 2 is 1.46 bits per heavy atom. The third-order valence-corrected chi connectivity index (χ3v) is 2.43. The Morgan fingerprint density at radius 3 is 2.15 bits per heavy atom. The van der Waals surface area contributed by atoms with Gasteiger partial charge in [-0.1, -0.05) is 52.3 Å². The van der Waals surface area contributed by atoms with Gasteiger partial charge in [0.2, 0.25) is 0 Å². The molecule has 0 aliphatic heterocycles. The van der Waals surface area contributed by atoms with Crippen LogP contribution in [-0.4, -0.2) is 29.6 Å². The van der Waals surface area contributed by atoms with Crippen molar-refractivity contribution in [3.8, 4) is 0 Å². The number of benzene rings is 2. The maximum atomic E-state index is 3.50. The predicted molar refractivity (Wildman–Crippen MR) is 69.2 cm³/mol. The fourth-order valence-electron chi connectivity index (χ4n) is 1.19. The summed E-state index contributed by atoms with van der Waals surface area (Å²) in [6.07, 6.45) is 0. The molecule has 2 aromatic carbocycles. The van der Waals surface area contributed by atoms with Crippen LogP contribution >= 0.6 is 29.4 Å². The molecule has 0 heterocycles. The minimum atomic E-state index is 0. The number of fused-ring (bicyclic) bond motifs is 1. The first kappa shape index (κ1) is 13.5. The number of halogens is 1. The van der Waals surface area contributed by atoms with Crippen molar-refractivity contribution >= 4 is 69.8 Å². The summed E-state index contributed by atoms with van der Waals surface area (Å²) in [5.74, 6) is 0. The molecule has 3 heteroatoms.